The quantitative estimate of drug-likeness (QED) is 0.763. The van der Waals surface area contributed by atoms with Crippen LogP contribution in [0.15, 0.2) is 24.4 Å². The lowest BCUT2D eigenvalue weighted by Crippen LogP contribution is -2.08. The number of hydrogen-bond acceptors (Lipinski definition) is 3. The van der Waals surface area contributed by atoms with E-state index in [9.17, 15) is 0 Å². The summed E-state index contributed by atoms with van der Waals surface area (Å²) in [5, 5.41) is 8.37. The van der Waals surface area contributed by atoms with Gasteiger partial charge < -0.3 is 5.73 Å². The summed E-state index contributed by atoms with van der Waals surface area (Å²) in [6, 6.07) is 6.62. The van der Waals surface area contributed by atoms with Gasteiger partial charge in [-0.2, -0.15) is 5.26 Å². The zero-order valence-electron chi connectivity index (χ0n) is 5.77. The molecule has 1 rings (SSSR count). The van der Waals surface area contributed by atoms with Gasteiger partial charge >= 0.3 is 0 Å². The molecule has 3 nitrogen and oxygen atoms in total. The predicted octanol–water partition coefficient (Wildman–Crippen LogP) is 1.18. The van der Waals surface area contributed by atoms with Gasteiger partial charge in [0.15, 0.2) is 0 Å². The van der Waals surface area contributed by atoms with Crippen LogP contribution in [0, 0.1) is 11.3 Å². The van der Waals surface area contributed by atoms with Crippen molar-refractivity contribution in [3.63, 3.8) is 0 Å². The Hall–Kier alpha value is -0.920. The smallest absolute Gasteiger partial charge is 0.135 e. The number of aromatic nitrogens is 1. The zero-order valence-corrected chi connectivity index (χ0v) is 7.48. The molecule has 0 spiro atoms. The molecular weight excluding hydrogens is 206 g/mol. The average molecular weight is 214 g/mol. The molecule has 0 aliphatic heterocycles. The Balaban J connectivity index is 0.000001000. The van der Waals surface area contributed by atoms with Crippen LogP contribution in [-0.2, 0) is 0 Å². The second kappa shape index (κ2) is 4.83. The van der Waals surface area contributed by atoms with E-state index in [0.717, 1.165) is 0 Å². The molecule has 1 aromatic heterocycles. The summed E-state index contributed by atoms with van der Waals surface area (Å²) in [7, 11) is 0. The zero-order chi connectivity index (χ0) is 7.40. The van der Waals surface area contributed by atoms with E-state index >= 15 is 0 Å². The molecule has 0 saturated carbocycles. The van der Waals surface area contributed by atoms with E-state index < -0.39 is 6.04 Å². The Morgan fingerprint density at radius 2 is 2.27 bits per heavy atom. The molecule has 1 atom stereocenters. The molecule has 0 saturated heterocycles. The lowest BCUT2D eigenvalue weighted by Gasteiger charge is -1.98. The van der Waals surface area contributed by atoms with Crippen molar-refractivity contribution in [3.05, 3.63) is 30.1 Å². The molecule has 1 unspecified atom stereocenters. The van der Waals surface area contributed by atoms with Crippen LogP contribution in [0.1, 0.15) is 11.7 Å². The van der Waals surface area contributed by atoms with Gasteiger partial charge in [0, 0.05) is 6.20 Å². The van der Waals surface area contributed by atoms with Crippen LogP contribution in [0.5, 0.6) is 0 Å². The molecule has 0 aliphatic rings. The number of nitriles is 1. The Kier molecular flexibility index (Phi) is 4.42. The van der Waals surface area contributed by atoms with Crippen molar-refractivity contribution in [2.24, 2.45) is 5.73 Å². The summed E-state index contributed by atoms with van der Waals surface area (Å²) >= 11 is 0. The van der Waals surface area contributed by atoms with Crippen molar-refractivity contribution in [2.45, 2.75) is 6.04 Å². The third-order valence-electron chi connectivity index (χ3n) is 1.15. The fraction of sp³-hybridized carbons (Fsp3) is 0.143. The lowest BCUT2D eigenvalue weighted by molar-refractivity contribution is 0.875. The van der Waals surface area contributed by atoms with Crippen LogP contribution in [0.3, 0.4) is 0 Å². The third kappa shape index (κ3) is 2.66. The second-order valence-corrected chi connectivity index (χ2v) is 1.86. The van der Waals surface area contributed by atoms with E-state index in [1.165, 1.54) is 0 Å². The highest BCUT2D eigenvalue weighted by molar-refractivity contribution is 8.93. The molecule has 11 heavy (non-hydrogen) atoms. The summed E-state index contributed by atoms with van der Waals surface area (Å²) in [5.74, 6) is 0. The van der Waals surface area contributed by atoms with Crippen LogP contribution < -0.4 is 5.73 Å². The highest BCUT2D eigenvalue weighted by atomic mass is 79.9. The number of nitrogens with zero attached hydrogens (tertiary/aromatic N) is 2. The molecule has 0 aliphatic carbocycles. The average Bonchev–Trinajstić information content (AvgIpc) is 2.05. The molecule has 0 radical (unpaired) electrons. The van der Waals surface area contributed by atoms with Gasteiger partial charge in [0.05, 0.1) is 11.8 Å². The van der Waals surface area contributed by atoms with E-state index in [4.69, 9.17) is 11.0 Å². The van der Waals surface area contributed by atoms with Crippen molar-refractivity contribution in [3.8, 4) is 6.07 Å². The first-order valence-corrected chi connectivity index (χ1v) is 2.90. The van der Waals surface area contributed by atoms with Crippen molar-refractivity contribution >= 4 is 17.0 Å². The highest BCUT2D eigenvalue weighted by Crippen LogP contribution is 2.02. The standard InChI is InChI=1S/C7H7N3.BrH/c8-5-6(9)7-3-1-2-4-10-7;/h1-4,6H,9H2;1H. The van der Waals surface area contributed by atoms with Crippen LogP contribution in [0.4, 0.5) is 0 Å². The molecule has 2 N–H and O–H groups in total. The Morgan fingerprint density at radius 3 is 2.73 bits per heavy atom. The third-order valence-corrected chi connectivity index (χ3v) is 1.15. The minimum Gasteiger partial charge on any atom is -0.311 e. The first-order valence-electron chi connectivity index (χ1n) is 2.90. The Morgan fingerprint density at radius 1 is 1.55 bits per heavy atom. The molecule has 0 aromatic carbocycles. The molecule has 4 heteroatoms. The van der Waals surface area contributed by atoms with Gasteiger partial charge in [-0.05, 0) is 12.1 Å². The Labute approximate surface area is 75.6 Å². The number of halogens is 1. The fourth-order valence-corrected chi connectivity index (χ4v) is 0.626. The number of rotatable bonds is 1. The SMILES string of the molecule is Br.N#CC(N)c1ccccn1. The fourth-order valence-electron chi connectivity index (χ4n) is 0.626. The van der Waals surface area contributed by atoms with Crippen LogP contribution >= 0.6 is 17.0 Å². The van der Waals surface area contributed by atoms with Crippen LogP contribution in [0.25, 0.3) is 0 Å². The van der Waals surface area contributed by atoms with Crippen molar-refractivity contribution in [1.82, 2.24) is 4.98 Å². The van der Waals surface area contributed by atoms with Crippen LogP contribution in [0.2, 0.25) is 0 Å². The van der Waals surface area contributed by atoms with Gasteiger partial charge in [-0.3, -0.25) is 4.98 Å². The number of hydrogen-bond donors (Lipinski definition) is 1. The number of nitrogens with two attached hydrogens (primary N) is 1. The minimum absolute atomic E-state index is 0. The Bertz CT molecular complexity index is 242. The van der Waals surface area contributed by atoms with Crippen molar-refractivity contribution < 1.29 is 0 Å². The first kappa shape index (κ1) is 10.1. The van der Waals surface area contributed by atoms with E-state index in [2.05, 4.69) is 4.98 Å². The van der Waals surface area contributed by atoms with E-state index in [-0.39, 0.29) is 17.0 Å². The highest BCUT2D eigenvalue weighted by Gasteiger charge is 2.01. The van der Waals surface area contributed by atoms with Gasteiger partial charge in [0.2, 0.25) is 0 Å². The van der Waals surface area contributed by atoms with Gasteiger partial charge in [-0.25, -0.2) is 0 Å². The number of pyridine rings is 1. The summed E-state index contributed by atoms with van der Waals surface area (Å²) in [5.41, 5.74) is 5.99. The molecule has 0 fully saturated rings. The van der Waals surface area contributed by atoms with E-state index in [1.54, 1.807) is 24.4 Å². The predicted molar refractivity (Wildman–Crippen MR) is 47.1 cm³/mol. The molecule has 1 aromatic rings. The summed E-state index contributed by atoms with van der Waals surface area (Å²) in [6.07, 6.45) is 1.62. The van der Waals surface area contributed by atoms with Crippen LogP contribution in [-0.4, -0.2) is 4.98 Å². The minimum atomic E-state index is -0.596. The summed E-state index contributed by atoms with van der Waals surface area (Å²) in [4.78, 5) is 3.90. The maximum Gasteiger partial charge on any atom is 0.135 e. The lowest BCUT2D eigenvalue weighted by atomic mass is 10.2. The normalized spacial score (nSPS) is 10.9. The molecule has 58 valence electrons. The van der Waals surface area contributed by atoms with Gasteiger partial charge in [-0.15, -0.1) is 17.0 Å². The van der Waals surface area contributed by atoms with Gasteiger partial charge in [0.1, 0.15) is 6.04 Å². The van der Waals surface area contributed by atoms with E-state index in [0.29, 0.717) is 5.69 Å². The topological polar surface area (TPSA) is 62.7 Å². The van der Waals surface area contributed by atoms with Crippen molar-refractivity contribution in [2.75, 3.05) is 0 Å². The molecule has 0 bridgehead atoms. The van der Waals surface area contributed by atoms with Crippen molar-refractivity contribution in [1.29, 1.82) is 5.26 Å². The largest absolute Gasteiger partial charge is 0.311 e. The monoisotopic (exact) mass is 213 g/mol. The maximum absolute atomic E-state index is 8.37. The molecular formula is C7H8BrN3. The van der Waals surface area contributed by atoms with Gasteiger partial charge in [0.25, 0.3) is 0 Å². The summed E-state index contributed by atoms with van der Waals surface area (Å²) < 4.78 is 0. The second-order valence-electron chi connectivity index (χ2n) is 1.86. The van der Waals surface area contributed by atoms with E-state index in [1.807, 2.05) is 6.07 Å². The van der Waals surface area contributed by atoms with Gasteiger partial charge in [-0.1, -0.05) is 6.07 Å². The first-order chi connectivity index (χ1) is 4.84. The summed E-state index contributed by atoms with van der Waals surface area (Å²) in [6.45, 7) is 0. The molecule has 1 heterocycles. The maximum atomic E-state index is 8.37. The molecule has 0 amide bonds.